The van der Waals surface area contributed by atoms with Crippen molar-refractivity contribution >= 4 is 15.1 Å². The first-order valence-corrected chi connectivity index (χ1v) is 12.7. The fraction of sp³-hybridized carbons (Fsp3) is 0.536. The zero-order chi connectivity index (χ0) is 27.3. The van der Waals surface area contributed by atoms with Gasteiger partial charge in [-0.3, -0.25) is 4.79 Å². The maximum absolute atomic E-state index is 14.8. The maximum Gasteiger partial charge on any atom is 0.416 e. The van der Waals surface area contributed by atoms with Gasteiger partial charge in [0.15, 0.2) is 0 Å². The van der Waals surface area contributed by atoms with E-state index in [9.17, 15) is 26.7 Å². The standard InChI is InChI=1S/C28H35F5NOP/c1-25(2,3)18-7-8-22(23(29)16-18)24(35)34-11-9-17(10-12-34)26(4,5)19-13-20(27(6,30)36)15-21(14-19)28(31,32)33/h7-8,13-17H,9-12,36H2,1-6H3. The first-order chi connectivity index (χ1) is 16.3. The Morgan fingerprint density at radius 3 is 1.83 bits per heavy atom. The fourth-order valence-corrected chi connectivity index (χ4v) is 4.98. The quantitative estimate of drug-likeness (QED) is 0.292. The molecule has 2 atom stereocenters. The zero-order valence-electron chi connectivity index (χ0n) is 21.7. The molecule has 2 nitrogen and oxygen atoms in total. The zero-order valence-corrected chi connectivity index (χ0v) is 22.8. The van der Waals surface area contributed by atoms with Crippen molar-refractivity contribution in [2.75, 3.05) is 13.1 Å². The second-order valence-corrected chi connectivity index (χ2v) is 12.7. The molecule has 1 aliphatic rings. The molecule has 0 spiro atoms. The summed E-state index contributed by atoms with van der Waals surface area (Å²) >= 11 is 0. The number of hydrogen-bond donors (Lipinski definition) is 0. The van der Waals surface area contributed by atoms with Gasteiger partial charge in [0.1, 0.15) is 11.2 Å². The largest absolute Gasteiger partial charge is 0.416 e. The Bertz CT molecular complexity index is 1090. The van der Waals surface area contributed by atoms with Gasteiger partial charge in [0, 0.05) is 13.1 Å². The van der Waals surface area contributed by atoms with E-state index in [2.05, 4.69) is 0 Å². The van der Waals surface area contributed by atoms with Crippen molar-refractivity contribution in [1.82, 2.24) is 4.90 Å². The van der Waals surface area contributed by atoms with Crippen molar-refractivity contribution in [3.8, 4) is 0 Å². The predicted molar refractivity (Wildman–Crippen MR) is 136 cm³/mol. The first kappa shape index (κ1) is 28.6. The Morgan fingerprint density at radius 1 is 0.833 bits per heavy atom. The van der Waals surface area contributed by atoms with Crippen LogP contribution in [0.3, 0.4) is 0 Å². The Balaban J connectivity index is 1.81. The fourth-order valence-electron chi connectivity index (χ4n) is 4.81. The van der Waals surface area contributed by atoms with Gasteiger partial charge in [-0.2, -0.15) is 13.2 Å². The summed E-state index contributed by atoms with van der Waals surface area (Å²) in [4.78, 5) is 14.6. The molecule has 8 heteroatoms. The van der Waals surface area contributed by atoms with Crippen LogP contribution in [0.4, 0.5) is 22.0 Å². The average molecular weight is 528 g/mol. The SMILES string of the molecule is CC(C)(C)c1ccc(C(=O)N2CCC(C(C)(C)c3cc(C(F)(F)F)cc(C(C)(F)P)c3)CC2)c(F)c1. The molecule has 198 valence electrons. The monoisotopic (exact) mass is 527 g/mol. The highest BCUT2D eigenvalue weighted by atomic mass is 31.0. The number of rotatable bonds is 4. The van der Waals surface area contributed by atoms with Crippen LogP contribution in [-0.2, 0) is 22.4 Å². The highest BCUT2D eigenvalue weighted by Gasteiger charge is 2.39. The van der Waals surface area contributed by atoms with E-state index in [1.165, 1.54) is 25.1 Å². The van der Waals surface area contributed by atoms with Crippen LogP contribution in [0.2, 0.25) is 0 Å². The normalized spacial score (nSPS) is 17.7. The van der Waals surface area contributed by atoms with Gasteiger partial charge in [-0.15, -0.1) is 0 Å². The van der Waals surface area contributed by atoms with Crippen LogP contribution in [-0.4, -0.2) is 23.9 Å². The summed E-state index contributed by atoms with van der Waals surface area (Å²) in [6.07, 6.45) is -3.52. The van der Waals surface area contributed by atoms with E-state index in [-0.39, 0.29) is 28.4 Å². The molecule has 1 aliphatic heterocycles. The molecule has 1 fully saturated rings. The lowest BCUT2D eigenvalue weighted by molar-refractivity contribution is -0.137. The van der Waals surface area contributed by atoms with Gasteiger partial charge in [0.25, 0.3) is 5.91 Å². The summed E-state index contributed by atoms with van der Waals surface area (Å²) in [5, 5.41) is -2.01. The van der Waals surface area contributed by atoms with Crippen molar-refractivity contribution in [2.45, 2.75) is 76.8 Å². The summed E-state index contributed by atoms with van der Waals surface area (Å²) in [6.45, 7) is 11.6. The Labute approximate surface area is 212 Å². The number of piperidine rings is 1. The lowest BCUT2D eigenvalue weighted by Gasteiger charge is -2.41. The van der Waals surface area contributed by atoms with Crippen molar-refractivity contribution in [3.05, 3.63) is 70.0 Å². The number of halogens is 5. The van der Waals surface area contributed by atoms with Crippen molar-refractivity contribution in [2.24, 2.45) is 5.92 Å². The number of nitrogens with zero attached hydrogens (tertiary/aromatic N) is 1. The van der Waals surface area contributed by atoms with E-state index >= 15 is 0 Å². The smallest absolute Gasteiger partial charge is 0.339 e. The molecule has 2 aromatic rings. The third-order valence-electron chi connectivity index (χ3n) is 7.44. The molecular formula is C28H35F5NOP. The van der Waals surface area contributed by atoms with Gasteiger partial charge < -0.3 is 4.90 Å². The summed E-state index contributed by atoms with van der Waals surface area (Å²) in [5.74, 6) is -0.985. The molecule has 36 heavy (non-hydrogen) atoms. The maximum atomic E-state index is 14.8. The number of likely N-dealkylation sites (tertiary alicyclic amines) is 1. The second kappa shape index (κ2) is 9.70. The molecular weight excluding hydrogens is 492 g/mol. The summed E-state index contributed by atoms with van der Waals surface area (Å²) in [5.41, 5.74) is -0.638. The van der Waals surface area contributed by atoms with E-state index in [0.29, 0.717) is 31.5 Å². The van der Waals surface area contributed by atoms with Gasteiger partial charge in [0.2, 0.25) is 0 Å². The summed E-state index contributed by atoms with van der Waals surface area (Å²) in [7, 11) is 1.96. The van der Waals surface area contributed by atoms with Crippen LogP contribution < -0.4 is 0 Å². The molecule has 0 bridgehead atoms. The Kier molecular flexibility index (Phi) is 7.70. The van der Waals surface area contributed by atoms with Crippen molar-refractivity contribution < 1.29 is 26.7 Å². The lowest BCUT2D eigenvalue weighted by atomic mass is 9.68. The number of benzene rings is 2. The van der Waals surface area contributed by atoms with E-state index in [1.807, 2.05) is 43.9 Å². The van der Waals surface area contributed by atoms with E-state index in [4.69, 9.17) is 0 Å². The summed E-state index contributed by atoms with van der Waals surface area (Å²) in [6, 6.07) is 8.15. The molecule has 1 saturated heterocycles. The molecule has 0 aliphatic carbocycles. The van der Waals surface area contributed by atoms with Crippen molar-refractivity contribution in [3.63, 3.8) is 0 Å². The first-order valence-electron chi connectivity index (χ1n) is 12.1. The van der Waals surface area contributed by atoms with Crippen LogP contribution in [0.25, 0.3) is 0 Å². The minimum absolute atomic E-state index is 0.0194. The van der Waals surface area contributed by atoms with Gasteiger partial charge in [0.05, 0.1) is 11.1 Å². The van der Waals surface area contributed by atoms with Crippen LogP contribution >= 0.6 is 9.24 Å². The molecule has 0 N–H and O–H groups in total. The van der Waals surface area contributed by atoms with Gasteiger partial charge in [-0.1, -0.05) is 56.0 Å². The number of alkyl halides is 4. The van der Waals surface area contributed by atoms with Crippen LogP contribution in [0.15, 0.2) is 36.4 Å². The van der Waals surface area contributed by atoms with Crippen LogP contribution in [0.5, 0.6) is 0 Å². The molecule has 3 rings (SSSR count). The van der Waals surface area contributed by atoms with Gasteiger partial charge in [-0.25, -0.2) is 8.78 Å². The number of carbonyl (C=O) groups is 1. The molecule has 1 amide bonds. The lowest BCUT2D eigenvalue weighted by Crippen LogP contribution is -2.43. The molecule has 0 aromatic heterocycles. The third kappa shape index (κ3) is 6.10. The van der Waals surface area contributed by atoms with Crippen LogP contribution in [0, 0.1) is 11.7 Å². The summed E-state index contributed by atoms with van der Waals surface area (Å²) < 4.78 is 70.2. The van der Waals surface area contributed by atoms with Gasteiger partial charge >= 0.3 is 6.18 Å². The predicted octanol–water partition coefficient (Wildman–Crippen LogP) is 7.99. The highest BCUT2D eigenvalue weighted by Crippen LogP contribution is 2.44. The molecule has 2 aromatic carbocycles. The van der Waals surface area contributed by atoms with Crippen molar-refractivity contribution in [1.29, 1.82) is 0 Å². The topological polar surface area (TPSA) is 20.3 Å². The number of amides is 1. The van der Waals surface area contributed by atoms with E-state index in [0.717, 1.165) is 17.7 Å². The second-order valence-electron chi connectivity index (χ2n) is 11.6. The molecule has 0 saturated carbocycles. The molecule has 1 heterocycles. The minimum Gasteiger partial charge on any atom is -0.339 e. The average Bonchev–Trinajstić information content (AvgIpc) is 2.76. The highest BCUT2D eigenvalue weighted by molar-refractivity contribution is 7.18. The Morgan fingerprint density at radius 2 is 1.36 bits per heavy atom. The molecule has 2 unspecified atom stereocenters. The number of carbonyl (C=O) groups excluding carboxylic acids is 1. The Hall–Kier alpha value is -2.01. The third-order valence-corrected chi connectivity index (χ3v) is 7.77. The number of hydrogen-bond acceptors (Lipinski definition) is 1. The minimum atomic E-state index is -4.60. The van der Waals surface area contributed by atoms with Crippen LogP contribution in [0.1, 0.15) is 87.0 Å². The van der Waals surface area contributed by atoms with E-state index < -0.39 is 28.4 Å². The van der Waals surface area contributed by atoms with E-state index in [1.54, 1.807) is 11.0 Å². The van der Waals surface area contributed by atoms with Gasteiger partial charge in [-0.05, 0) is 77.5 Å². The molecule has 0 radical (unpaired) electrons.